The maximum atomic E-state index is 12.1. The van der Waals surface area contributed by atoms with Crippen LogP contribution in [-0.2, 0) is 24.9 Å². The van der Waals surface area contributed by atoms with Gasteiger partial charge in [0.15, 0.2) is 5.76 Å². The summed E-state index contributed by atoms with van der Waals surface area (Å²) in [5, 5.41) is 6.82. The Hall–Kier alpha value is -3.55. The van der Waals surface area contributed by atoms with Crippen LogP contribution >= 0.6 is 0 Å². The second-order valence-corrected chi connectivity index (χ2v) is 5.70. The van der Waals surface area contributed by atoms with E-state index in [2.05, 4.69) is 15.2 Å². The quantitative estimate of drug-likeness (QED) is 0.642. The van der Waals surface area contributed by atoms with Gasteiger partial charge in [-0.25, -0.2) is 4.79 Å². The Morgan fingerprint density at radius 3 is 2.59 bits per heavy atom. The van der Waals surface area contributed by atoms with Gasteiger partial charge in [-0.15, -0.1) is 0 Å². The van der Waals surface area contributed by atoms with Gasteiger partial charge in [0, 0.05) is 13.2 Å². The van der Waals surface area contributed by atoms with E-state index in [1.54, 1.807) is 47.3 Å². The fraction of sp³-hybridized carbons (Fsp3) is 0.211. The molecule has 0 aliphatic rings. The van der Waals surface area contributed by atoms with Crippen LogP contribution in [0.15, 0.2) is 53.1 Å². The van der Waals surface area contributed by atoms with Crippen molar-refractivity contribution in [2.75, 3.05) is 7.11 Å². The maximum absolute atomic E-state index is 12.1. The first-order valence-corrected chi connectivity index (χ1v) is 8.22. The van der Waals surface area contributed by atoms with Crippen molar-refractivity contribution < 1.29 is 23.5 Å². The molecule has 0 atom stereocenters. The number of methoxy groups -OCH3 is 1. The molecule has 0 saturated carbocycles. The summed E-state index contributed by atoms with van der Waals surface area (Å²) in [6, 6.07) is 11.7. The van der Waals surface area contributed by atoms with Gasteiger partial charge >= 0.3 is 5.97 Å². The van der Waals surface area contributed by atoms with Crippen LogP contribution in [0.25, 0.3) is 0 Å². The number of hydrogen-bond donors (Lipinski definition) is 1. The first-order valence-electron chi connectivity index (χ1n) is 8.22. The summed E-state index contributed by atoms with van der Waals surface area (Å²) in [4.78, 5) is 23.5. The van der Waals surface area contributed by atoms with Gasteiger partial charge in [-0.05, 0) is 42.5 Å². The monoisotopic (exact) mass is 369 g/mol. The van der Waals surface area contributed by atoms with Crippen molar-refractivity contribution in [1.29, 1.82) is 0 Å². The number of aromatic nitrogens is 2. The van der Waals surface area contributed by atoms with Crippen molar-refractivity contribution in [3.8, 4) is 5.75 Å². The second kappa shape index (κ2) is 8.22. The number of ether oxygens (including phenoxy) is 2. The number of esters is 1. The van der Waals surface area contributed by atoms with Gasteiger partial charge in [0.25, 0.3) is 5.91 Å². The van der Waals surface area contributed by atoms with E-state index in [1.165, 1.54) is 7.11 Å². The van der Waals surface area contributed by atoms with Crippen LogP contribution in [0.2, 0.25) is 0 Å². The van der Waals surface area contributed by atoms with E-state index in [1.807, 2.05) is 13.1 Å². The van der Waals surface area contributed by atoms with Crippen LogP contribution < -0.4 is 10.1 Å². The lowest BCUT2D eigenvalue weighted by Crippen LogP contribution is -2.23. The fourth-order valence-corrected chi connectivity index (χ4v) is 2.37. The van der Waals surface area contributed by atoms with E-state index in [0.717, 1.165) is 5.69 Å². The maximum Gasteiger partial charge on any atom is 0.337 e. The average Bonchev–Trinajstić information content (AvgIpc) is 3.33. The SMILES string of the molecule is COC(=O)c1ccc(OCc2ccc(C(=O)NCc3ccnn3C)o2)cc1. The molecule has 1 aromatic carbocycles. The highest BCUT2D eigenvalue weighted by atomic mass is 16.5. The molecule has 0 unspecified atom stereocenters. The zero-order valence-electron chi connectivity index (χ0n) is 15.0. The molecule has 2 aromatic heterocycles. The number of aryl methyl sites for hydroxylation is 1. The third-order valence-corrected chi connectivity index (χ3v) is 3.89. The van der Waals surface area contributed by atoms with E-state index < -0.39 is 5.97 Å². The van der Waals surface area contributed by atoms with Gasteiger partial charge in [-0.1, -0.05) is 0 Å². The summed E-state index contributed by atoms with van der Waals surface area (Å²) in [6.45, 7) is 0.515. The van der Waals surface area contributed by atoms with Crippen molar-refractivity contribution in [3.63, 3.8) is 0 Å². The summed E-state index contributed by atoms with van der Waals surface area (Å²) in [5.74, 6) is 0.565. The normalized spacial score (nSPS) is 10.4. The molecule has 0 fully saturated rings. The minimum absolute atomic E-state index is 0.159. The van der Waals surface area contributed by atoms with Crippen molar-refractivity contribution in [2.45, 2.75) is 13.2 Å². The number of nitrogens with zero attached hydrogens (tertiary/aromatic N) is 2. The zero-order chi connectivity index (χ0) is 19.2. The summed E-state index contributed by atoms with van der Waals surface area (Å²) in [7, 11) is 3.13. The smallest absolute Gasteiger partial charge is 0.337 e. The number of benzene rings is 1. The molecule has 0 radical (unpaired) electrons. The molecule has 0 aliphatic carbocycles. The fourth-order valence-electron chi connectivity index (χ4n) is 2.37. The topological polar surface area (TPSA) is 95.6 Å². The van der Waals surface area contributed by atoms with Crippen LogP contribution in [0.4, 0.5) is 0 Å². The van der Waals surface area contributed by atoms with Crippen molar-refractivity contribution in [3.05, 3.63) is 71.4 Å². The van der Waals surface area contributed by atoms with E-state index in [0.29, 0.717) is 23.6 Å². The minimum Gasteiger partial charge on any atom is -0.486 e. The number of hydrogen-bond acceptors (Lipinski definition) is 6. The molecule has 1 amide bonds. The van der Waals surface area contributed by atoms with Gasteiger partial charge < -0.3 is 19.2 Å². The van der Waals surface area contributed by atoms with E-state index in [4.69, 9.17) is 9.15 Å². The lowest BCUT2D eigenvalue weighted by atomic mass is 10.2. The molecule has 27 heavy (non-hydrogen) atoms. The minimum atomic E-state index is -0.408. The highest BCUT2D eigenvalue weighted by Gasteiger charge is 2.12. The van der Waals surface area contributed by atoms with Crippen LogP contribution in [0.3, 0.4) is 0 Å². The standard InChI is InChI=1S/C19H19N3O5/c1-22-14(9-10-21-22)11-20-18(23)17-8-7-16(27-17)12-26-15-5-3-13(4-6-15)19(24)25-2/h3-10H,11-12H2,1-2H3,(H,20,23). The first kappa shape index (κ1) is 18.2. The molecule has 3 aromatic rings. The molecule has 140 valence electrons. The van der Waals surface area contributed by atoms with Crippen LogP contribution in [-0.4, -0.2) is 28.8 Å². The van der Waals surface area contributed by atoms with Crippen LogP contribution in [0.1, 0.15) is 32.4 Å². The van der Waals surface area contributed by atoms with Gasteiger partial charge in [0.05, 0.1) is 24.9 Å². The molecule has 3 rings (SSSR count). The number of carbonyl (C=O) groups excluding carboxylic acids is 2. The Morgan fingerprint density at radius 1 is 1.15 bits per heavy atom. The summed E-state index contributed by atoms with van der Waals surface area (Å²) < 4.78 is 17.4. The lowest BCUT2D eigenvalue weighted by molar-refractivity contribution is 0.0600. The molecular weight excluding hydrogens is 350 g/mol. The largest absolute Gasteiger partial charge is 0.486 e. The van der Waals surface area contributed by atoms with Gasteiger partial charge in [0.1, 0.15) is 18.1 Å². The third kappa shape index (κ3) is 4.55. The molecule has 8 nitrogen and oxygen atoms in total. The van der Waals surface area contributed by atoms with Crippen LogP contribution in [0.5, 0.6) is 5.75 Å². The van der Waals surface area contributed by atoms with E-state index in [-0.39, 0.29) is 18.3 Å². The Morgan fingerprint density at radius 2 is 1.93 bits per heavy atom. The molecule has 0 spiro atoms. The van der Waals surface area contributed by atoms with E-state index >= 15 is 0 Å². The molecule has 0 aliphatic heterocycles. The zero-order valence-corrected chi connectivity index (χ0v) is 15.0. The highest BCUT2D eigenvalue weighted by molar-refractivity contribution is 5.91. The van der Waals surface area contributed by atoms with Crippen molar-refractivity contribution in [1.82, 2.24) is 15.1 Å². The predicted molar refractivity (Wildman–Crippen MR) is 95.2 cm³/mol. The Balaban J connectivity index is 1.52. The lowest BCUT2D eigenvalue weighted by Gasteiger charge is -2.05. The van der Waals surface area contributed by atoms with Gasteiger partial charge in [-0.3, -0.25) is 9.48 Å². The van der Waals surface area contributed by atoms with Gasteiger partial charge in [-0.2, -0.15) is 5.10 Å². The molecule has 8 heteroatoms. The summed E-state index contributed by atoms with van der Waals surface area (Å²) in [6.07, 6.45) is 1.67. The molecule has 1 N–H and O–H groups in total. The summed E-state index contributed by atoms with van der Waals surface area (Å²) >= 11 is 0. The Bertz CT molecular complexity index is 927. The Kier molecular flexibility index (Phi) is 5.55. The average molecular weight is 369 g/mol. The number of furan rings is 1. The van der Waals surface area contributed by atoms with Crippen LogP contribution in [0, 0.1) is 0 Å². The molecular formula is C19H19N3O5. The number of rotatable bonds is 7. The Labute approximate surface area is 155 Å². The van der Waals surface area contributed by atoms with Crippen molar-refractivity contribution >= 4 is 11.9 Å². The van der Waals surface area contributed by atoms with E-state index in [9.17, 15) is 9.59 Å². The van der Waals surface area contributed by atoms with Gasteiger partial charge in [0.2, 0.25) is 0 Å². The number of amides is 1. The summed E-state index contributed by atoms with van der Waals surface area (Å²) in [5.41, 5.74) is 1.32. The first-order chi connectivity index (χ1) is 13.1. The highest BCUT2D eigenvalue weighted by Crippen LogP contribution is 2.16. The molecule has 0 bridgehead atoms. The molecule has 0 saturated heterocycles. The third-order valence-electron chi connectivity index (χ3n) is 3.89. The number of nitrogens with one attached hydrogen (secondary N) is 1. The second-order valence-electron chi connectivity index (χ2n) is 5.70. The number of carbonyl (C=O) groups is 2. The van der Waals surface area contributed by atoms with Crippen molar-refractivity contribution in [2.24, 2.45) is 7.05 Å². The predicted octanol–water partition coefficient (Wildman–Crippen LogP) is 2.31. The molecule has 2 heterocycles.